The first kappa shape index (κ1) is 15.2. The van der Waals surface area contributed by atoms with Crippen LogP contribution in [0.1, 0.15) is 44.6 Å². The van der Waals surface area contributed by atoms with Crippen molar-refractivity contribution in [3.8, 4) is 0 Å². The van der Waals surface area contributed by atoms with Crippen LogP contribution < -0.4 is 5.73 Å². The zero-order valence-corrected chi connectivity index (χ0v) is 11.7. The third-order valence-electron chi connectivity index (χ3n) is 2.94. The van der Waals surface area contributed by atoms with Gasteiger partial charge in [-0.25, -0.2) is 0 Å². The zero-order valence-electron chi connectivity index (χ0n) is 11.7. The molecule has 1 amide bonds. The first-order valence-electron chi connectivity index (χ1n) is 6.67. The van der Waals surface area contributed by atoms with Gasteiger partial charge in [-0.3, -0.25) is 9.78 Å². The maximum Gasteiger partial charge on any atom is 0.225 e. The van der Waals surface area contributed by atoms with Crippen molar-refractivity contribution in [3.05, 3.63) is 53.9 Å². The second-order valence-electron chi connectivity index (χ2n) is 4.62. The molecular weight excluding hydrogens is 236 g/mol. The number of primary amides is 1. The van der Waals surface area contributed by atoms with Gasteiger partial charge in [0, 0.05) is 12.4 Å². The Kier molecular flexibility index (Phi) is 6.58. The van der Waals surface area contributed by atoms with E-state index in [0.717, 1.165) is 18.4 Å². The number of aromatic nitrogens is 1. The number of carbonyl (C=O) groups excluding carboxylic acids is 1. The Labute approximate surface area is 115 Å². The van der Waals surface area contributed by atoms with Crippen LogP contribution in [-0.2, 0) is 4.79 Å². The molecule has 0 aliphatic rings. The fourth-order valence-corrected chi connectivity index (χ4v) is 1.83. The number of nitrogens with zero attached hydrogens (tertiary/aromatic N) is 1. The Balaban J connectivity index is 2.66. The van der Waals surface area contributed by atoms with E-state index in [1.54, 1.807) is 12.4 Å². The Morgan fingerprint density at radius 1 is 1.53 bits per heavy atom. The second kappa shape index (κ2) is 8.25. The van der Waals surface area contributed by atoms with E-state index in [1.807, 2.05) is 24.3 Å². The van der Waals surface area contributed by atoms with E-state index >= 15 is 0 Å². The molecule has 2 N–H and O–H groups in total. The van der Waals surface area contributed by atoms with Crippen LogP contribution in [-0.4, -0.2) is 10.9 Å². The summed E-state index contributed by atoms with van der Waals surface area (Å²) < 4.78 is 0. The van der Waals surface area contributed by atoms with E-state index in [4.69, 9.17) is 5.73 Å². The molecule has 0 saturated carbocycles. The summed E-state index contributed by atoms with van der Waals surface area (Å²) in [7, 11) is 0. The van der Waals surface area contributed by atoms with Crippen LogP contribution in [0.15, 0.2) is 48.3 Å². The lowest BCUT2D eigenvalue weighted by molar-refractivity contribution is -0.119. The molecule has 0 spiro atoms. The molecule has 19 heavy (non-hydrogen) atoms. The summed E-state index contributed by atoms with van der Waals surface area (Å²) in [5.74, 6) is -0.614. The van der Waals surface area contributed by atoms with Gasteiger partial charge in [0.25, 0.3) is 0 Å². The summed E-state index contributed by atoms with van der Waals surface area (Å²) in [4.78, 5) is 15.5. The molecule has 0 radical (unpaired) electrons. The van der Waals surface area contributed by atoms with Gasteiger partial charge in [0.05, 0.1) is 5.92 Å². The van der Waals surface area contributed by atoms with Gasteiger partial charge in [-0.2, -0.15) is 0 Å². The molecule has 1 unspecified atom stereocenters. The molecule has 0 aliphatic carbocycles. The van der Waals surface area contributed by atoms with Crippen LogP contribution >= 0.6 is 0 Å². The summed E-state index contributed by atoms with van der Waals surface area (Å²) in [5, 5.41) is 0. The predicted molar refractivity (Wildman–Crippen MR) is 78.6 cm³/mol. The van der Waals surface area contributed by atoms with Crippen LogP contribution in [0.3, 0.4) is 0 Å². The first-order valence-corrected chi connectivity index (χ1v) is 6.67. The number of amides is 1. The number of nitrogens with two attached hydrogens (primary N) is 1. The predicted octanol–water partition coefficient (Wildman–Crippen LogP) is 3.34. The molecule has 0 saturated heterocycles. The van der Waals surface area contributed by atoms with Gasteiger partial charge in [0.1, 0.15) is 0 Å². The number of pyridine rings is 1. The maximum absolute atomic E-state index is 11.5. The zero-order chi connectivity index (χ0) is 14.1. The third kappa shape index (κ3) is 5.51. The van der Waals surface area contributed by atoms with Crippen molar-refractivity contribution in [2.75, 3.05) is 0 Å². The van der Waals surface area contributed by atoms with E-state index in [9.17, 15) is 4.79 Å². The Bertz CT molecular complexity index is 449. The lowest BCUT2D eigenvalue weighted by Crippen LogP contribution is -2.21. The first-order chi connectivity index (χ1) is 9.15. The van der Waals surface area contributed by atoms with Crippen LogP contribution in [0, 0.1) is 0 Å². The summed E-state index contributed by atoms with van der Waals surface area (Å²) in [6.07, 6.45) is 12.5. The van der Waals surface area contributed by atoms with Crippen LogP contribution in [0.25, 0.3) is 0 Å². The van der Waals surface area contributed by atoms with E-state index in [-0.39, 0.29) is 11.8 Å². The molecule has 0 aromatic carbocycles. The summed E-state index contributed by atoms with van der Waals surface area (Å²) in [6, 6.07) is 3.71. The van der Waals surface area contributed by atoms with E-state index in [1.165, 1.54) is 5.57 Å². The molecule has 102 valence electrons. The molecule has 1 rings (SSSR count). The second-order valence-corrected chi connectivity index (χ2v) is 4.62. The number of rotatable bonds is 7. The maximum atomic E-state index is 11.5. The van der Waals surface area contributed by atoms with Gasteiger partial charge >= 0.3 is 0 Å². The molecule has 0 fully saturated rings. The molecule has 3 heteroatoms. The standard InChI is InChI=1S/C16H22N2O/c1-3-4-7-13(2)8-5-10-15(16(17)19)14-9-6-11-18-12-14/h5-9,11-12,15H,3-4,10H2,1-2H3,(H2,17,19)/b8-5+,13-7+. The summed E-state index contributed by atoms with van der Waals surface area (Å²) >= 11 is 0. The van der Waals surface area contributed by atoms with E-state index in [2.05, 4.69) is 24.9 Å². The van der Waals surface area contributed by atoms with Gasteiger partial charge in [0.2, 0.25) is 5.91 Å². The lowest BCUT2D eigenvalue weighted by atomic mass is 9.96. The number of carbonyl (C=O) groups is 1. The van der Waals surface area contributed by atoms with E-state index < -0.39 is 0 Å². The highest BCUT2D eigenvalue weighted by Gasteiger charge is 2.15. The Morgan fingerprint density at radius 3 is 2.89 bits per heavy atom. The number of hydrogen-bond acceptors (Lipinski definition) is 2. The van der Waals surface area contributed by atoms with Crippen molar-refractivity contribution < 1.29 is 4.79 Å². The summed E-state index contributed by atoms with van der Waals surface area (Å²) in [6.45, 7) is 4.22. The topological polar surface area (TPSA) is 56.0 Å². The molecule has 3 nitrogen and oxygen atoms in total. The quantitative estimate of drug-likeness (QED) is 0.762. The van der Waals surface area contributed by atoms with Crippen molar-refractivity contribution in [1.29, 1.82) is 0 Å². The summed E-state index contributed by atoms with van der Waals surface area (Å²) in [5.41, 5.74) is 7.54. The normalized spacial score (nSPS) is 13.7. The van der Waals surface area contributed by atoms with Gasteiger partial charge in [-0.15, -0.1) is 0 Å². The largest absolute Gasteiger partial charge is 0.369 e. The molecule has 0 aliphatic heterocycles. The smallest absolute Gasteiger partial charge is 0.225 e. The lowest BCUT2D eigenvalue weighted by Gasteiger charge is -2.10. The van der Waals surface area contributed by atoms with Crippen molar-refractivity contribution in [2.45, 2.75) is 39.0 Å². The monoisotopic (exact) mass is 258 g/mol. The molecule has 0 bridgehead atoms. The molecular formula is C16H22N2O. The van der Waals surface area contributed by atoms with Crippen LogP contribution in [0.4, 0.5) is 0 Å². The number of allylic oxidation sites excluding steroid dienone is 4. The molecule has 1 aromatic heterocycles. The van der Waals surface area contributed by atoms with Crippen molar-refractivity contribution in [2.24, 2.45) is 5.73 Å². The number of unbranched alkanes of at least 4 members (excludes halogenated alkanes) is 1. The molecule has 1 atom stereocenters. The SMILES string of the molecule is CCC/C=C(C)/C=C/CC(C(N)=O)c1cccnc1. The van der Waals surface area contributed by atoms with Crippen molar-refractivity contribution in [3.63, 3.8) is 0 Å². The average molecular weight is 258 g/mol. The minimum absolute atomic E-state index is 0.302. The van der Waals surface area contributed by atoms with Gasteiger partial charge in [-0.05, 0) is 31.4 Å². The van der Waals surface area contributed by atoms with Crippen LogP contribution in [0.2, 0.25) is 0 Å². The fourth-order valence-electron chi connectivity index (χ4n) is 1.83. The van der Waals surface area contributed by atoms with Crippen molar-refractivity contribution >= 4 is 5.91 Å². The van der Waals surface area contributed by atoms with Crippen LogP contribution in [0.5, 0.6) is 0 Å². The van der Waals surface area contributed by atoms with Crippen molar-refractivity contribution in [1.82, 2.24) is 4.98 Å². The molecule has 1 aromatic rings. The molecule has 1 heterocycles. The third-order valence-corrected chi connectivity index (χ3v) is 2.94. The Hall–Kier alpha value is -1.90. The highest BCUT2D eigenvalue weighted by molar-refractivity contribution is 5.82. The Morgan fingerprint density at radius 2 is 2.32 bits per heavy atom. The van der Waals surface area contributed by atoms with Gasteiger partial charge in [0.15, 0.2) is 0 Å². The minimum atomic E-state index is -0.312. The highest BCUT2D eigenvalue weighted by Crippen LogP contribution is 2.19. The van der Waals surface area contributed by atoms with E-state index in [0.29, 0.717) is 6.42 Å². The highest BCUT2D eigenvalue weighted by atomic mass is 16.1. The fraction of sp³-hybridized carbons (Fsp3) is 0.375. The van der Waals surface area contributed by atoms with Gasteiger partial charge in [-0.1, -0.05) is 43.2 Å². The van der Waals surface area contributed by atoms with Gasteiger partial charge < -0.3 is 5.73 Å². The minimum Gasteiger partial charge on any atom is -0.369 e. The average Bonchev–Trinajstić information content (AvgIpc) is 2.42. The number of hydrogen-bond donors (Lipinski definition) is 1.